The van der Waals surface area contributed by atoms with E-state index < -0.39 is 5.97 Å². The summed E-state index contributed by atoms with van der Waals surface area (Å²) in [6, 6.07) is 4.94. The molecule has 1 amide bonds. The van der Waals surface area contributed by atoms with Gasteiger partial charge in [-0.1, -0.05) is 29.3 Å². The molecule has 0 heterocycles. The Morgan fingerprint density at radius 2 is 2.00 bits per heavy atom. The molecule has 6 heteroatoms. The van der Waals surface area contributed by atoms with Crippen LogP contribution in [0.4, 0.5) is 0 Å². The lowest BCUT2D eigenvalue weighted by Crippen LogP contribution is -2.26. The lowest BCUT2D eigenvalue weighted by molar-refractivity contribution is -0.137. The van der Waals surface area contributed by atoms with Crippen molar-refractivity contribution in [3.63, 3.8) is 0 Å². The molecule has 0 unspecified atom stereocenters. The zero-order valence-corrected chi connectivity index (χ0v) is 11.1. The summed E-state index contributed by atoms with van der Waals surface area (Å²) in [5.41, 5.74) is 0.691. The van der Waals surface area contributed by atoms with Gasteiger partial charge in [0.2, 0.25) is 5.91 Å². The van der Waals surface area contributed by atoms with E-state index in [1.165, 1.54) is 0 Å². The van der Waals surface area contributed by atoms with Crippen molar-refractivity contribution in [2.75, 3.05) is 6.54 Å². The average Bonchev–Trinajstić information content (AvgIpc) is 2.28. The molecule has 2 N–H and O–H groups in total. The highest BCUT2D eigenvalue weighted by atomic mass is 35.5. The molecular weight excluding hydrogens is 277 g/mol. The van der Waals surface area contributed by atoms with E-state index in [9.17, 15) is 9.59 Å². The van der Waals surface area contributed by atoms with E-state index in [0.717, 1.165) is 0 Å². The molecule has 98 valence electrons. The van der Waals surface area contributed by atoms with Crippen LogP contribution in [0.2, 0.25) is 10.0 Å². The van der Waals surface area contributed by atoms with Crippen LogP contribution in [0.15, 0.2) is 18.2 Å². The molecule has 0 radical (unpaired) electrons. The second-order valence-electron chi connectivity index (χ2n) is 3.76. The molecule has 18 heavy (non-hydrogen) atoms. The third-order valence-corrected chi connectivity index (χ3v) is 2.84. The predicted molar refractivity (Wildman–Crippen MR) is 70.0 cm³/mol. The van der Waals surface area contributed by atoms with E-state index in [2.05, 4.69) is 5.32 Å². The molecule has 4 nitrogen and oxygen atoms in total. The average molecular weight is 290 g/mol. The van der Waals surface area contributed by atoms with E-state index in [-0.39, 0.29) is 18.7 Å². The molecule has 0 saturated heterocycles. The molecule has 0 aromatic heterocycles. The Kier molecular flexibility index (Phi) is 5.95. The third kappa shape index (κ3) is 5.38. The molecule has 0 aliphatic heterocycles. The number of hydrogen-bond acceptors (Lipinski definition) is 2. The molecular formula is C12H13Cl2NO3. The molecule has 0 saturated carbocycles. The summed E-state index contributed by atoms with van der Waals surface area (Å²) >= 11 is 11.7. The topological polar surface area (TPSA) is 66.4 Å². The quantitative estimate of drug-likeness (QED) is 0.791. The summed E-state index contributed by atoms with van der Waals surface area (Å²) in [6.45, 7) is 0.344. The number of halogens is 2. The maximum absolute atomic E-state index is 11.5. The molecule has 1 rings (SSSR count). The van der Waals surface area contributed by atoms with Gasteiger partial charge in [-0.25, -0.2) is 0 Å². The number of hydrogen-bond donors (Lipinski definition) is 2. The Morgan fingerprint density at radius 1 is 1.28 bits per heavy atom. The van der Waals surface area contributed by atoms with Gasteiger partial charge in [-0.05, 0) is 24.1 Å². The van der Waals surface area contributed by atoms with Crippen molar-refractivity contribution in [1.82, 2.24) is 5.32 Å². The van der Waals surface area contributed by atoms with Gasteiger partial charge in [-0.3, -0.25) is 9.59 Å². The minimum Gasteiger partial charge on any atom is -0.481 e. The number of carboxylic acid groups (broad SMARTS) is 1. The smallest absolute Gasteiger partial charge is 0.303 e. The van der Waals surface area contributed by atoms with Gasteiger partial charge in [-0.15, -0.1) is 0 Å². The first-order valence-corrected chi connectivity index (χ1v) is 6.17. The van der Waals surface area contributed by atoms with Gasteiger partial charge in [0.05, 0.1) is 6.42 Å². The SMILES string of the molecule is O=C(O)CCCNC(=O)Cc1ccc(Cl)cc1Cl. The first kappa shape index (κ1) is 14.8. The summed E-state index contributed by atoms with van der Waals surface area (Å²) in [5, 5.41) is 12.0. The number of benzene rings is 1. The third-order valence-electron chi connectivity index (χ3n) is 2.26. The molecule has 0 aliphatic rings. The van der Waals surface area contributed by atoms with Crippen LogP contribution in [0.5, 0.6) is 0 Å². The van der Waals surface area contributed by atoms with Crippen molar-refractivity contribution in [2.24, 2.45) is 0 Å². The van der Waals surface area contributed by atoms with Crippen LogP contribution in [-0.2, 0) is 16.0 Å². The summed E-state index contributed by atoms with van der Waals surface area (Å²) in [7, 11) is 0. The van der Waals surface area contributed by atoms with Gasteiger partial charge >= 0.3 is 5.97 Å². The van der Waals surface area contributed by atoms with E-state index >= 15 is 0 Å². The van der Waals surface area contributed by atoms with Crippen LogP contribution < -0.4 is 5.32 Å². The highest BCUT2D eigenvalue weighted by molar-refractivity contribution is 6.35. The maximum Gasteiger partial charge on any atom is 0.303 e. The Morgan fingerprint density at radius 3 is 2.61 bits per heavy atom. The van der Waals surface area contributed by atoms with Crippen molar-refractivity contribution < 1.29 is 14.7 Å². The maximum atomic E-state index is 11.5. The zero-order valence-electron chi connectivity index (χ0n) is 9.58. The van der Waals surface area contributed by atoms with Crippen LogP contribution in [0.25, 0.3) is 0 Å². The molecule has 1 aromatic rings. The van der Waals surface area contributed by atoms with Crippen molar-refractivity contribution in [2.45, 2.75) is 19.3 Å². The fourth-order valence-electron chi connectivity index (χ4n) is 1.37. The van der Waals surface area contributed by atoms with Gasteiger partial charge in [0.15, 0.2) is 0 Å². The fraction of sp³-hybridized carbons (Fsp3) is 0.333. The van der Waals surface area contributed by atoms with Crippen molar-refractivity contribution in [3.8, 4) is 0 Å². The number of rotatable bonds is 6. The van der Waals surface area contributed by atoms with Crippen LogP contribution in [0, 0.1) is 0 Å². The molecule has 0 bridgehead atoms. The normalized spacial score (nSPS) is 10.1. The van der Waals surface area contributed by atoms with E-state index in [0.29, 0.717) is 28.6 Å². The Balaban J connectivity index is 2.38. The Hall–Kier alpha value is -1.26. The lowest BCUT2D eigenvalue weighted by atomic mass is 10.1. The van der Waals surface area contributed by atoms with Gasteiger partial charge in [0, 0.05) is 23.0 Å². The van der Waals surface area contributed by atoms with Crippen LogP contribution in [0.3, 0.4) is 0 Å². The summed E-state index contributed by atoms with van der Waals surface area (Å²) < 4.78 is 0. The predicted octanol–water partition coefficient (Wildman–Crippen LogP) is 2.52. The number of aliphatic carboxylic acids is 1. The molecule has 1 aromatic carbocycles. The zero-order chi connectivity index (χ0) is 13.5. The summed E-state index contributed by atoms with van der Waals surface area (Å²) in [4.78, 5) is 21.8. The van der Waals surface area contributed by atoms with E-state index in [1.807, 2.05) is 0 Å². The van der Waals surface area contributed by atoms with E-state index in [4.69, 9.17) is 28.3 Å². The van der Waals surface area contributed by atoms with Crippen molar-refractivity contribution in [1.29, 1.82) is 0 Å². The minimum atomic E-state index is -0.870. The molecule has 0 atom stereocenters. The monoisotopic (exact) mass is 289 g/mol. The van der Waals surface area contributed by atoms with Gasteiger partial charge in [-0.2, -0.15) is 0 Å². The van der Waals surface area contributed by atoms with Crippen molar-refractivity contribution >= 4 is 35.1 Å². The second-order valence-corrected chi connectivity index (χ2v) is 4.60. The number of nitrogens with one attached hydrogen (secondary N) is 1. The van der Waals surface area contributed by atoms with Gasteiger partial charge in [0.1, 0.15) is 0 Å². The van der Waals surface area contributed by atoms with Crippen molar-refractivity contribution in [3.05, 3.63) is 33.8 Å². The Labute approximate surface area is 115 Å². The number of carbonyl (C=O) groups excluding carboxylic acids is 1. The number of amides is 1. The van der Waals surface area contributed by atoms with Crippen LogP contribution in [-0.4, -0.2) is 23.5 Å². The largest absolute Gasteiger partial charge is 0.481 e. The van der Waals surface area contributed by atoms with Crippen LogP contribution in [0.1, 0.15) is 18.4 Å². The molecule has 0 fully saturated rings. The van der Waals surface area contributed by atoms with Gasteiger partial charge < -0.3 is 10.4 Å². The first-order chi connectivity index (χ1) is 8.49. The lowest BCUT2D eigenvalue weighted by Gasteiger charge is -2.06. The van der Waals surface area contributed by atoms with Gasteiger partial charge in [0.25, 0.3) is 0 Å². The highest BCUT2D eigenvalue weighted by Gasteiger charge is 2.07. The number of carboxylic acids is 1. The molecule has 0 aliphatic carbocycles. The fourth-order valence-corrected chi connectivity index (χ4v) is 1.84. The second kappa shape index (κ2) is 7.24. The molecule has 0 spiro atoms. The number of carbonyl (C=O) groups is 2. The first-order valence-electron chi connectivity index (χ1n) is 5.41. The summed E-state index contributed by atoms with van der Waals surface area (Å²) in [6.07, 6.45) is 0.612. The Bertz CT molecular complexity index is 449. The van der Waals surface area contributed by atoms with E-state index in [1.54, 1.807) is 18.2 Å². The standard InChI is InChI=1S/C12H13Cl2NO3/c13-9-4-3-8(10(14)7-9)6-11(16)15-5-1-2-12(17)18/h3-4,7H,1-2,5-6H2,(H,15,16)(H,17,18). The van der Waals surface area contributed by atoms with Crippen LogP contribution >= 0.6 is 23.2 Å². The highest BCUT2D eigenvalue weighted by Crippen LogP contribution is 2.21. The minimum absolute atomic E-state index is 0.0436. The summed E-state index contributed by atoms with van der Waals surface area (Å²) in [5.74, 6) is -1.06.